The highest BCUT2D eigenvalue weighted by Crippen LogP contribution is 2.43. The van der Waals surface area contributed by atoms with Crippen molar-refractivity contribution in [2.24, 2.45) is 0 Å². The number of quaternary nitrogens is 1. The van der Waals surface area contributed by atoms with Gasteiger partial charge in [0.05, 0.1) is 39.9 Å². The van der Waals surface area contributed by atoms with Gasteiger partial charge >= 0.3 is 7.82 Å². The van der Waals surface area contributed by atoms with Crippen molar-refractivity contribution in [3.8, 4) is 0 Å². The molecule has 0 radical (unpaired) electrons. The van der Waals surface area contributed by atoms with E-state index >= 15 is 0 Å². The average Bonchev–Trinajstić information content (AvgIpc) is 3.32. The highest BCUT2D eigenvalue weighted by Gasteiger charge is 2.27. The van der Waals surface area contributed by atoms with Crippen LogP contribution in [0.3, 0.4) is 0 Å². The average molecular weight is 1010 g/mol. The van der Waals surface area contributed by atoms with Crippen molar-refractivity contribution in [1.29, 1.82) is 0 Å². The van der Waals surface area contributed by atoms with E-state index in [0.29, 0.717) is 17.4 Å². The van der Waals surface area contributed by atoms with Crippen LogP contribution in [-0.2, 0) is 18.4 Å². The van der Waals surface area contributed by atoms with E-state index in [2.05, 4.69) is 31.3 Å². The maximum atomic E-state index is 13.0. The quantitative estimate of drug-likeness (QED) is 0.0243. The minimum atomic E-state index is -4.35. The summed E-state index contributed by atoms with van der Waals surface area (Å²) in [6.07, 6.45) is 67.4. The molecule has 0 saturated carbocycles. The summed E-state index contributed by atoms with van der Waals surface area (Å²) in [5, 5.41) is 13.9. The third kappa shape index (κ3) is 54.7. The van der Waals surface area contributed by atoms with E-state index in [4.69, 9.17) is 9.05 Å². The van der Waals surface area contributed by atoms with Crippen LogP contribution in [0.15, 0.2) is 24.3 Å². The maximum absolute atomic E-state index is 13.0. The van der Waals surface area contributed by atoms with Gasteiger partial charge in [0.15, 0.2) is 0 Å². The largest absolute Gasteiger partial charge is 0.472 e. The van der Waals surface area contributed by atoms with E-state index in [1.54, 1.807) is 6.08 Å². The number of carbonyl (C=O) groups excluding carboxylic acids is 1. The lowest BCUT2D eigenvalue weighted by molar-refractivity contribution is -0.870. The molecule has 3 atom stereocenters. The van der Waals surface area contributed by atoms with Gasteiger partial charge < -0.3 is 19.8 Å². The minimum absolute atomic E-state index is 0.0588. The number of carbonyl (C=O) groups is 1. The topological polar surface area (TPSA) is 105 Å². The number of hydrogen-bond acceptors (Lipinski definition) is 5. The van der Waals surface area contributed by atoms with Crippen LogP contribution >= 0.6 is 7.82 Å². The van der Waals surface area contributed by atoms with Crippen LogP contribution in [0, 0.1) is 0 Å². The van der Waals surface area contributed by atoms with Gasteiger partial charge in [-0.2, -0.15) is 0 Å². The molecule has 0 aromatic heterocycles. The molecule has 0 aromatic carbocycles. The summed E-state index contributed by atoms with van der Waals surface area (Å²) in [6, 6.07) is -0.860. The molecular weight excluding hydrogens is 888 g/mol. The van der Waals surface area contributed by atoms with Gasteiger partial charge in [-0.05, 0) is 32.1 Å². The first-order valence-electron chi connectivity index (χ1n) is 30.7. The lowest BCUT2D eigenvalue weighted by atomic mass is 10.0. The van der Waals surface area contributed by atoms with E-state index in [1.807, 2.05) is 27.2 Å². The minimum Gasteiger partial charge on any atom is -0.387 e. The van der Waals surface area contributed by atoms with Crippen molar-refractivity contribution in [1.82, 2.24) is 5.32 Å². The van der Waals surface area contributed by atoms with Crippen LogP contribution in [-0.4, -0.2) is 73.4 Å². The number of phosphoric acid groups is 1. The zero-order valence-corrected chi connectivity index (χ0v) is 48.4. The molecular formula is C61H122N2O6P+. The molecule has 0 bridgehead atoms. The van der Waals surface area contributed by atoms with Gasteiger partial charge in [0.2, 0.25) is 5.91 Å². The number of likely N-dealkylation sites (N-methyl/N-ethyl adjacent to an activating group) is 1. The number of rotatable bonds is 57. The predicted octanol–water partition coefficient (Wildman–Crippen LogP) is 18.8. The number of aliphatic hydroxyl groups is 1. The third-order valence-electron chi connectivity index (χ3n) is 14.2. The van der Waals surface area contributed by atoms with E-state index < -0.39 is 20.0 Å². The smallest absolute Gasteiger partial charge is 0.387 e. The van der Waals surface area contributed by atoms with Crippen LogP contribution in [0.4, 0.5) is 0 Å². The number of hydrogen-bond donors (Lipinski definition) is 3. The first-order valence-corrected chi connectivity index (χ1v) is 32.2. The van der Waals surface area contributed by atoms with Gasteiger partial charge in [-0.1, -0.05) is 295 Å². The van der Waals surface area contributed by atoms with Gasteiger partial charge in [0.1, 0.15) is 13.2 Å². The van der Waals surface area contributed by atoms with Crippen molar-refractivity contribution in [2.75, 3.05) is 40.9 Å². The second-order valence-corrected chi connectivity index (χ2v) is 23.9. The van der Waals surface area contributed by atoms with Gasteiger partial charge in [-0.25, -0.2) is 4.57 Å². The summed E-state index contributed by atoms with van der Waals surface area (Å²) in [5.41, 5.74) is 0. The molecule has 416 valence electrons. The Morgan fingerprint density at radius 3 is 1.14 bits per heavy atom. The summed E-state index contributed by atoms with van der Waals surface area (Å²) >= 11 is 0. The Kier molecular flexibility index (Phi) is 52.1. The van der Waals surface area contributed by atoms with Crippen LogP contribution in [0.2, 0.25) is 0 Å². The highest BCUT2D eigenvalue weighted by atomic mass is 31.2. The number of amides is 1. The number of nitrogens with one attached hydrogen (secondary N) is 1. The Morgan fingerprint density at radius 2 is 0.786 bits per heavy atom. The summed E-state index contributed by atoms with van der Waals surface area (Å²) < 4.78 is 23.7. The van der Waals surface area contributed by atoms with Gasteiger partial charge in [0.25, 0.3) is 0 Å². The Morgan fingerprint density at radius 1 is 0.471 bits per heavy atom. The van der Waals surface area contributed by atoms with Gasteiger partial charge in [-0.3, -0.25) is 13.8 Å². The fraction of sp³-hybridized carbons (Fsp3) is 0.918. The Bertz CT molecular complexity index is 1190. The van der Waals surface area contributed by atoms with Crippen molar-refractivity contribution in [2.45, 2.75) is 321 Å². The molecule has 3 N–H and O–H groups in total. The third-order valence-corrected chi connectivity index (χ3v) is 15.2. The van der Waals surface area contributed by atoms with Crippen LogP contribution in [0.25, 0.3) is 0 Å². The van der Waals surface area contributed by atoms with E-state index in [-0.39, 0.29) is 19.1 Å². The van der Waals surface area contributed by atoms with E-state index in [0.717, 1.165) is 38.5 Å². The second kappa shape index (κ2) is 52.8. The van der Waals surface area contributed by atoms with Crippen LogP contribution in [0.1, 0.15) is 309 Å². The molecule has 0 heterocycles. The molecule has 0 fully saturated rings. The number of nitrogens with zero attached hydrogens (tertiary/aromatic N) is 1. The van der Waals surface area contributed by atoms with Gasteiger partial charge in [-0.15, -0.1) is 0 Å². The molecule has 0 saturated heterocycles. The normalized spacial score (nSPS) is 14.0. The summed E-state index contributed by atoms with van der Waals surface area (Å²) in [7, 11) is 1.57. The molecule has 1 amide bonds. The molecule has 0 rings (SSSR count). The zero-order chi connectivity index (χ0) is 51.3. The molecule has 0 spiro atoms. The summed E-state index contributed by atoms with van der Waals surface area (Å²) in [4.78, 5) is 23.3. The van der Waals surface area contributed by atoms with E-state index in [1.165, 1.54) is 250 Å². The molecule has 0 aromatic rings. The highest BCUT2D eigenvalue weighted by molar-refractivity contribution is 7.47. The van der Waals surface area contributed by atoms with Crippen molar-refractivity contribution in [3.63, 3.8) is 0 Å². The van der Waals surface area contributed by atoms with Gasteiger partial charge in [0, 0.05) is 6.42 Å². The maximum Gasteiger partial charge on any atom is 0.472 e. The Balaban J connectivity index is 4.06. The molecule has 9 heteroatoms. The fourth-order valence-electron chi connectivity index (χ4n) is 9.36. The lowest BCUT2D eigenvalue weighted by Gasteiger charge is -2.25. The summed E-state index contributed by atoms with van der Waals surface area (Å²) in [5.74, 6) is -0.180. The van der Waals surface area contributed by atoms with Crippen molar-refractivity contribution in [3.05, 3.63) is 24.3 Å². The Labute approximate surface area is 436 Å². The van der Waals surface area contributed by atoms with Crippen LogP contribution in [0.5, 0.6) is 0 Å². The fourth-order valence-corrected chi connectivity index (χ4v) is 10.1. The predicted molar refractivity (Wildman–Crippen MR) is 305 cm³/mol. The monoisotopic (exact) mass is 1010 g/mol. The lowest BCUT2D eigenvalue weighted by Crippen LogP contribution is -2.45. The van der Waals surface area contributed by atoms with Crippen molar-refractivity contribution < 1.29 is 32.9 Å². The number of allylic oxidation sites excluding steroid dienone is 3. The molecule has 3 unspecified atom stereocenters. The number of phosphoric ester groups is 1. The molecule has 0 aliphatic carbocycles. The SMILES string of the molecule is CCCCCCCCCCCCC/C=C/CC/C=C/C(O)C(COP(=O)(O)OCC[N+](C)(C)C)NC(=O)CCCCCCCCCCCCCCCCCCCCCCCCCCCCCCCCC. The van der Waals surface area contributed by atoms with E-state index in [9.17, 15) is 19.4 Å². The van der Waals surface area contributed by atoms with Crippen molar-refractivity contribution >= 4 is 13.7 Å². The zero-order valence-electron chi connectivity index (χ0n) is 47.5. The second-order valence-electron chi connectivity index (χ2n) is 22.4. The first kappa shape index (κ1) is 69.0. The molecule has 70 heavy (non-hydrogen) atoms. The first-order chi connectivity index (χ1) is 34.0. The van der Waals surface area contributed by atoms with Crippen LogP contribution < -0.4 is 5.32 Å². The standard InChI is InChI=1S/C61H121N2O6P/c1-6-8-10-12-14-16-18-20-22-24-25-26-27-28-29-30-31-32-33-34-35-36-37-39-41-43-45-47-49-51-53-55-61(65)62-59(58-69-70(66,67)68-57-56-63(3,4)5)60(64)54-52-50-48-46-44-42-40-38-23-21-19-17-15-13-11-9-7-2/h44,46,52,54,59-60,64H,6-43,45,47-51,53,55-58H2,1-5H3,(H-,62,65,66,67)/p+1/b46-44+,54-52+. The molecule has 0 aliphatic rings. The number of unbranched alkanes of at least 4 members (excludes halogenated alkanes) is 42. The summed E-state index contributed by atoms with van der Waals surface area (Å²) in [6.45, 7) is 4.84. The molecule has 8 nitrogen and oxygen atoms in total. The molecule has 0 aliphatic heterocycles. The Hall–Kier alpha value is -1.02. The number of aliphatic hydroxyl groups excluding tert-OH is 1.